The molecule has 0 saturated carbocycles. The molecule has 0 radical (unpaired) electrons. The van der Waals surface area contributed by atoms with Gasteiger partial charge in [0, 0.05) is 5.33 Å². The second-order valence-electron chi connectivity index (χ2n) is 4.01. The second kappa shape index (κ2) is 6.24. The average molecular weight is 423 g/mol. The van der Waals surface area contributed by atoms with Crippen LogP contribution in [0.4, 0.5) is 10.1 Å². The van der Waals surface area contributed by atoms with Crippen molar-refractivity contribution >= 4 is 47.6 Å². The van der Waals surface area contributed by atoms with Crippen molar-refractivity contribution in [2.75, 3.05) is 4.72 Å². The van der Waals surface area contributed by atoms with Gasteiger partial charge in [0.1, 0.15) is 5.82 Å². The second-order valence-corrected chi connectivity index (χ2v) is 7.11. The summed E-state index contributed by atoms with van der Waals surface area (Å²) < 4.78 is 40.3. The zero-order valence-electron chi connectivity index (χ0n) is 10.1. The maximum atomic E-state index is 13.4. The van der Waals surface area contributed by atoms with Gasteiger partial charge in [-0.2, -0.15) is 0 Å². The van der Waals surface area contributed by atoms with Gasteiger partial charge in [-0.15, -0.1) is 0 Å². The Bertz CT molecular complexity index is 718. The fraction of sp³-hybridized carbons (Fsp3) is 0.0769. The Kier molecular flexibility index (Phi) is 4.82. The zero-order chi connectivity index (χ0) is 14.8. The molecule has 0 aliphatic carbocycles. The molecule has 1 N–H and O–H groups in total. The van der Waals surface area contributed by atoms with Gasteiger partial charge in [-0.3, -0.25) is 4.72 Å². The normalized spacial score (nSPS) is 11.3. The smallest absolute Gasteiger partial charge is 0.261 e. The summed E-state index contributed by atoms with van der Waals surface area (Å²) in [7, 11) is -3.72. The molecule has 0 spiro atoms. The van der Waals surface area contributed by atoms with Crippen molar-refractivity contribution in [3.05, 3.63) is 58.3 Å². The van der Waals surface area contributed by atoms with Crippen LogP contribution in [-0.2, 0) is 15.4 Å². The Balaban J connectivity index is 2.27. The van der Waals surface area contributed by atoms with E-state index in [-0.39, 0.29) is 15.1 Å². The number of sulfonamides is 1. The van der Waals surface area contributed by atoms with Crippen LogP contribution in [0.3, 0.4) is 0 Å². The van der Waals surface area contributed by atoms with Crippen LogP contribution in [0.15, 0.2) is 51.8 Å². The van der Waals surface area contributed by atoms with E-state index in [1.165, 1.54) is 24.3 Å². The standard InChI is InChI=1S/C13H10Br2FNO2S/c14-8-9-1-4-11(5-2-9)20(18,19)17-10-3-6-12(15)13(16)7-10/h1-7,17H,8H2. The van der Waals surface area contributed by atoms with Crippen LogP contribution in [0, 0.1) is 5.82 Å². The molecule has 20 heavy (non-hydrogen) atoms. The molecule has 0 saturated heterocycles. The highest BCUT2D eigenvalue weighted by Gasteiger charge is 2.14. The largest absolute Gasteiger partial charge is 0.280 e. The van der Waals surface area contributed by atoms with Gasteiger partial charge in [-0.05, 0) is 51.8 Å². The lowest BCUT2D eigenvalue weighted by Gasteiger charge is -2.09. The molecule has 0 amide bonds. The van der Waals surface area contributed by atoms with Crippen LogP contribution in [0.5, 0.6) is 0 Å². The highest BCUT2D eigenvalue weighted by Crippen LogP contribution is 2.22. The van der Waals surface area contributed by atoms with Gasteiger partial charge in [-0.25, -0.2) is 12.8 Å². The molecule has 106 valence electrons. The summed E-state index contributed by atoms with van der Waals surface area (Å²) >= 11 is 6.30. The molecule has 2 rings (SSSR count). The van der Waals surface area contributed by atoms with Crippen molar-refractivity contribution in [3.63, 3.8) is 0 Å². The molecule has 0 atom stereocenters. The van der Waals surface area contributed by atoms with Crippen LogP contribution in [-0.4, -0.2) is 8.42 Å². The van der Waals surface area contributed by atoms with Gasteiger partial charge in [0.25, 0.3) is 10.0 Å². The van der Waals surface area contributed by atoms with E-state index in [4.69, 9.17) is 0 Å². The molecule has 0 bridgehead atoms. The number of anilines is 1. The number of benzene rings is 2. The van der Waals surface area contributed by atoms with Crippen molar-refractivity contribution in [2.45, 2.75) is 10.2 Å². The number of alkyl halides is 1. The molecule has 3 nitrogen and oxygen atoms in total. The Labute approximate surface area is 133 Å². The fourth-order valence-corrected chi connectivity index (χ4v) is 3.20. The summed E-state index contributed by atoms with van der Waals surface area (Å²) in [4.78, 5) is 0.130. The number of nitrogens with one attached hydrogen (secondary N) is 1. The summed E-state index contributed by atoms with van der Waals surface area (Å²) in [6.45, 7) is 0. The first-order valence-corrected chi connectivity index (χ1v) is 8.95. The summed E-state index contributed by atoms with van der Waals surface area (Å²) in [6.07, 6.45) is 0. The van der Waals surface area contributed by atoms with Crippen molar-refractivity contribution in [3.8, 4) is 0 Å². The molecular weight excluding hydrogens is 413 g/mol. The van der Waals surface area contributed by atoms with E-state index in [0.717, 1.165) is 11.6 Å². The minimum Gasteiger partial charge on any atom is -0.280 e. The molecular formula is C13H10Br2FNO2S. The van der Waals surface area contributed by atoms with E-state index in [9.17, 15) is 12.8 Å². The average Bonchev–Trinajstić information content (AvgIpc) is 2.43. The van der Waals surface area contributed by atoms with Crippen molar-refractivity contribution in [2.24, 2.45) is 0 Å². The third-order valence-electron chi connectivity index (χ3n) is 2.56. The first-order chi connectivity index (χ1) is 9.42. The first-order valence-electron chi connectivity index (χ1n) is 5.55. The highest BCUT2D eigenvalue weighted by atomic mass is 79.9. The third-order valence-corrected chi connectivity index (χ3v) is 5.25. The third kappa shape index (κ3) is 3.59. The Morgan fingerprint density at radius 2 is 1.75 bits per heavy atom. The Hall–Kier alpha value is -0.920. The van der Waals surface area contributed by atoms with E-state index >= 15 is 0 Å². The minimum absolute atomic E-state index is 0.130. The molecule has 0 aromatic heterocycles. The fourth-order valence-electron chi connectivity index (χ4n) is 1.53. The van der Waals surface area contributed by atoms with Gasteiger partial charge in [0.2, 0.25) is 0 Å². The van der Waals surface area contributed by atoms with E-state index in [1.807, 2.05) is 0 Å². The van der Waals surface area contributed by atoms with E-state index in [1.54, 1.807) is 12.1 Å². The molecule has 0 fully saturated rings. The lowest BCUT2D eigenvalue weighted by atomic mass is 10.2. The Morgan fingerprint density at radius 1 is 1.10 bits per heavy atom. The summed E-state index contributed by atoms with van der Waals surface area (Å²) in [5.41, 5.74) is 1.15. The number of hydrogen-bond acceptors (Lipinski definition) is 2. The molecule has 7 heteroatoms. The molecule has 0 unspecified atom stereocenters. The molecule has 2 aromatic rings. The van der Waals surface area contributed by atoms with Crippen LogP contribution >= 0.6 is 31.9 Å². The minimum atomic E-state index is -3.72. The van der Waals surface area contributed by atoms with Crippen LogP contribution in [0.2, 0.25) is 0 Å². The molecule has 2 aromatic carbocycles. The van der Waals surface area contributed by atoms with Gasteiger partial charge in [0.05, 0.1) is 15.1 Å². The summed E-state index contributed by atoms with van der Waals surface area (Å²) in [5, 5.41) is 0.651. The predicted molar refractivity (Wildman–Crippen MR) is 84.0 cm³/mol. The molecule has 0 aliphatic rings. The number of rotatable bonds is 4. The van der Waals surface area contributed by atoms with Crippen molar-refractivity contribution in [1.29, 1.82) is 0 Å². The van der Waals surface area contributed by atoms with E-state index in [2.05, 4.69) is 36.6 Å². The first kappa shape index (κ1) is 15.5. The van der Waals surface area contributed by atoms with Gasteiger partial charge >= 0.3 is 0 Å². The van der Waals surface area contributed by atoms with Crippen LogP contribution < -0.4 is 4.72 Å². The quantitative estimate of drug-likeness (QED) is 0.747. The van der Waals surface area contributed by atoms with Gasteiger partial charge in [-0.1, -0.05) is 28.1 Å². The van der Waals surface area contributed by atoms with Crippen LogP contribution in [0.1, 0.15) is 5.56 Å². The maximum absolute atomic E-state index is 13.4. The Morgan fingerprint density at radius 3 is 2.30 bits per heavy atom. The maximum Gasteiger partial charge on any atom is 0.261 e. The highest BCUT2D eigenvalue weighted by molar-refractivity contribution is 9.10. The zero-order valence-corrected chi connectivity index (χ0v) is 14.1. The summed E-state index contributed by atoms with van der Waals surface area (Å²) in [6, 6.07) is 10.5. The van der Waals surface area contributed by atoms with E-state index in [0.29, 0.717) is 5.33 Å². The molecule has 0 heterocycles. The van der Waals surface area contributed by atoms with Crippen LogP contribution in [0.25, 0.3) is 0 Å². The van der Waals surface area contributed by atoms with Gasteiger partial charge < -0.3 is 0 Å². The van der Waals surface area contributed by atoms with Crippen molar-refractivity contribution < 1.29 is 12.8 Å². The number of halogens is 3. The molecule has 0 aliphatic heterocycles. The summed E-state index contributed by atoms with van der Waals surface area (Å²) in [5.74, 6) is -0.528. The SMILES string of the molecule is O=S(=O)(Nc1ccc(Br)c(F)c1)c1ccc(CBr)cc1. The topological polar surface area (TPSA) is 46.2 Å². The monoisotopic (exact) mass is 421 g/mol. The van der Waals surface area contributed by atoms with Crippen molar-refractivity contribution in [1.82, 2.24) is 0 Å². The number of hydrogen-bond donors (Lipinski definition) is 1. The lowest BCUT2D eigenvalue weighted by molar-refractivity contribution is 0.601. The van der Waals surface area contributed by atoms with Gasteiger partial charge in [0.15, 0.2) is 0 Å². The van der Waals surface area contributed by atoms with E-state index < -0.39 is 15.8 Å². The predicted octanol–water partition coefficient (Wildman–Crippen LogP) is 4.28. The lowest BCUT2D eigenvalue weighted by Crippen LogP contribution is -2.13.